The van der Waals surface area contributed by atoms with Crippen molar-refractivity contribution < 1.29 is 8.78 Å². The summed E-state index contributed by atoms with van der Waals surface area (Å²) in [5.41, 5.74) is 1.34. The van der Waals surface area contributed by atoms with Crippen molar-refractivity contribution in [2.75, 3.05) is 11.9 Å². The van der Waals surface area contributed by atoms with Crippen LogP contribution in [0.5, 0.6) is 0 Å². The van der Waals surface area contributed by atoms with Crippen molar-refractivity contribution in [2.24, 2.45) is 0 Å². The van der Waals surface area contributed by atoms with E-state index in [1.807, 2.05) is 6.92 Å². The molecule has 0 radical (unpaired) electrons. The van der Waals surface area contributed by atoms with Crippen LogP contribution in [0.1, 0.15) is 31.4 Å². The Morgan fingerprint density at radius 1 is 1.19 bits per heavy atom. The highest BCUT2D eigenvalue weighted by Gasteiger charge is 2.29. The lowest BCUT2D eigenvalue weighted by Gasteiger charge is -2.12. The van der Waals surface area contributed by atoms with Gasteiger partial charge in [-0.1, -0.05) is 0 Å². The Balaban J connectivity index is 2.12. The first-order valence-corrected chi connectivity index (χ1v) is 7.94. The van der Waals surface area contributed by atoms with E-state index in [1.165, 1.54) is 12.1 Å². The number of hydrogen-bond donors (Lipinski definition) is 1. The Hall–Kier alpha value is -1.31. The van der Waals surface area contributed by atoms with Gasteiger partial charge in [0.1, 0.15) is 17.5 Å². The number of benzene rings is 1. The Labute approximate surface area is 135 Å². The topological polar surface area (TPSA) is 37.8 Å². The molecule has 6 heteroatoms. The first-order valence-electron chi connectivity index (χ1n) is 6.86. The molecule has 3 rings (SSSR count). The van der Waals surface area contributed by atoms with Crippen molar-refractivity contribution in [3.63, 3.8) is 0 Å². The molecule has 3 nitrogen and oxygen atoms in total. The van der Waals surface area contributed by atoms with Crippen LogP contribution in [-0.2, 0) is 0 Å². The maximum Gasteiger partial charge on any atom is 0.162 e. The molecule has 0 amide bonds. The molecule has 0 saturated heterocycles. The standard InChI is InChI=1S/C15H14F2IN3/c1-2-19-15-12(18)13(8-3-4-8)20-14(21-15)9-5-10(16)7-11(17)6-9/h5-8H,2-4H2,1H3,(H,19,20,21). The van der Waals surface area contributed by atoms with Gasteiger partial charge in [0.25, 0.3) is 0 Å². The number of aromatic nitrogens is 2. The summed E-state index contributed by atoms with van der Waals surface area (Å²) in [6.07, 6.45) is 2.21. The summed E-state index contributed by atoms with van der Waals surface area (Å²) in [7, 11) is 0. The fourth-order valence-electron chi connectivity index (χ4n) is 2.19. The lowest BCUT2D eigenvalue weighted by molar-refractivity contribution is 0.584. The summed E-state index contributed by atoms with van der Waals surface area (Å²) >= 11 is 2.23. The molecule has 1 aliphatic carbocycles. The van der Waals surface area contributed by atoms with E-state index in [4.69, 9.17) is 0 Å². The number of rotatable bonds is 4. The number of nitrogens with one attached hydrogen (secondary N) is 1. The maximum absolute atomic E-state index is 13.4. The molecular weight excluding hydrogens is 387 g/mol. The fourth-order valence-corrected chi connectivity index (χ4v) is 3.06. The molecule has 0 aliphatic heterocycles. The normalized spacial score (nSPS) is 14.3. The van der Waals surface area contributed by atoms with Gasteiger partial charge in [-0.3, -0.25) is 0 Å². The molecule has 1 aromatic heterocycles. The van der Waals surface area contributed by atoms with E-state index in [-0.39, 0.29) is 0 Å². The molecule has 2 aromatic rings. The van der Waals surface area contributed by atoms with Crippen LogP contribution in [-0.4, -0.2) is 16.5 Å². The van der Waals surface area contributed by atoms with Crippen molar-refractivity contribution >= 4 is 28.4 Å². The molecule has 1 fully saturated rings. The van der Waals surface area contributed by atoms with E-state index in [9.17, 15) is 8.78 Å². The van der Waals surface area contributed by atoms with Gasteiger partial charge in [-0.15, -0.1) is 0 Å². The summed E-state index contributed by atoms with van der Waals surface area (Å²) in [5, 5.41) is 3.19. The highest BCUT2D eigenvalue weighted by molar-refractivity contribution is 14.1. The van der Waals surface area contributed by atoms with Crippen LogP contribution in [0.2, 0.25) is 0 Å². The quantitative estimate of drug-likeness (QED) is 0.775. The van der Waals surface area contributed by atoms with Crippen molar-refractivity contribution in [2.45, 2.75) is 25.7 Å². The molecule has 1 saturated carbocycles. The van der Waals surface area contributed by atoms with Crippen LogP contribution >= 0.6 is 22.6 Å². The van der Waals surface area contributed by atoms with Gasteiger partial charge in [0.2, 0.25) is 0 Å². The molecule has 1 aliphatic rings. The first kappa shape index (κ1) is 14.6. The van der Waals surface area contributed by atoms with Crippen LogP contribution in [0.15, 0.2) is 18.2 Å². The highest BCUT2D eigenvalue weighted by Crippen LogP contribution is 2.43. The molecular formula is C15H14F2IN3. The minimum absolute atomic E-state index is 0.366. The van der Waals surface area contributed by atoms with Crippen LogP contribution in [0.3, 0.4) is 0 Å². The van der Waals surface area contributed by atoms with Gasteiger partial charge in [0, 0.05) is 24.1 Å². The summed E-state index contributed by atoms with van der Waals surface area (Å²) in [6.45, 7) is 2.71. The predicted octanol–water partition coefficient (Wildman–Crippen LogP) is 4.34. The predicted molar refractivity (Wildman–Crippen MR) is 86.2 cm³/mol. The Morgan fingerprint density at radius 2 is 1.86 bits per heavy atom. The van der Waals surface area contributed by atoms with Gasteiger partial charge in [-0.2, -0.15) is 0 Å². The van der Waals surface area contributed by atoms with Gasteiger partial charge in [-0.25, -0.2) is 18.7 Å². The number of anilines is 1. The molecule has 1 heterocycles. The van der Waals surface area contributed by atoms with Crippen LogP contribution in [0.4, 0.5) is 14.6 Å². The number of nitrogens with zero attached hydrogens (tertiary/aromatic N) is 2. The molecule has 1 N–H and O–H groups in total. The van der Waals surface area contributed by atoms with Crippen molar-refractivity contribution in [1.82, 2.24) is 9.97 Å². The van der Waals surface area contributed by atoms with Gasteiger partial charge >= 0.3 is 0 Å². The monoisotopic (exact) mass is 401 g/mol. The minimum atomic E-state index is -0.620. The van der Waals surface area contributed by atoms with Crippen molar-refractivity contribution in [3.05, 3.63) is 39.1 Å². The van der Waals surface area contributed by atoms with Crippen LogP contribution in [0, 0.1) is 15.2 Å². The average molecular weight is 401 g/mol. The van der Waals surface area contributed by atoms with E-state index >= 15 is 0 Å². The van der Waals surface area contributed by atoms with Crippen molar-refractivity contribution in [3.8, 4) is 11.4 Å². The maximum atomic E-state index is 13.4. The lowest BCUT2D eigenvalue weighted by atomic mass is 10.2. The molecule has 21 heavy (non-hydrogen) atoms. The minimum Gasteiger partial charge on any atom is -0.369 e. The van der Waals surface area contributed by atoms with E-state index in [1.54, 1.807) is 0 Å². The second-order valence-electron chi connectivity index (χ2n) is 5.06. The Bertz CT molecular complexity index is 667. The third kappa shape index (κ3) is 3.14. The van der Waals surface area contributed by atoms with Crippen LogP contribution < -0.4 is 5.32 Å². The first-order chi connectivity index (χ1) is 10.1. The zero-order chi connectivity index (χ0) is 15.0. The Kier molecular flexibility index (Phi) is 4.05. The van der Waals surface area contributed by atoms with Crippen LogP contribution in [0.25, 0.3) is 11.4 Å². The van der Waals surface area contributed by atoms with E-state index in [2.05, 4.69) is 37.9 Å². The van der Waals surface area contributed by atoms with Gasteiger partial charge in [0.15, 0.2) is 5.82 Å². The smallest absolute Gasteiger partial charge is 0.162 e. The van der Waals surface area contributed by atoms with Gasteiger partial charge < -0.3 is 5.32 Å². The summed E-state index contributed by atoms with van der Waals surface area (Å²) in [5.74, 6) is 0.297. The second-order valence-corrected chi connectivity index (χ2v) is 6.14. The molecule has 1 aromatic carbocycles. The van der Waals surface area contributed by atoms with Gasteiger partial charge in [-0.05, 0) is 54.5 Å². The summed E-state index contributed by atoms with van der Waals surface area (Å²) in [4.78, 5) is 8.96. The summed E-state index contributed by atoms with van der Waals surface area (Å²) < 4.78 is 27.8. The summed E-state index contributed by atoms with van der Waals surface area (Å²) in [6, 6.07) is 3.37. The number of halogens is 3. The molecule has 0 bridgehead atoms. The average Bonchev–Trinajstić information content (AvgIpc) is 3.24. The van der Waals surface area contributed by atoms with E-state index in [0.717, 1.165) is 40.5 Å². The Morgan fingerprint density at radius 3 is 2.43 bits per heavy atom. The third-order valence-electron chi connectivity index (χ3n) is 3.31. The molecule has 0 spiro atoms. The lowest BCUT2D eigenvalue weighted by Crippen LogP contribution is -2.07. The molecule has 0 unspecified atom stereocenters. The SMILES string of the molecule is CCNc1nc(-c2cc(F)cc(F)c2)nc(C2CC2)c1I. The van der Waals surface area contributed by atoms with Gasteiger partial charge in [0.05, 0.1) is 9.26 Å². The largest absolute Gasteiger partial charge is 0.369 e. The van der Waals surface area contributed by atoms with E-state index in [0.29, 0.717) is 17.3 Å². The molecule has 0 atom stereocenters. The fraction of sp³-hybridized carbons (Fsp3) is 0.333. The highest BCUT2D eigenvalue weighted by atomic mass is 127. The number of hydrogen-bond acceptors (Lipinski definition) is 3. The van der Waals surface area contributed by atoms with Crippen molar-refractivity contribution in [1.29, 1.82) is 0 Å². The zero-order valence-corrected chi connectivity index (χ0v) is 13.6. The third-order valence-corrected chi connectivity index (χ3v) is 4.37. The second kappa shape index (κ2) is 5.82. The zero-order valence-electron chi connectivity index (χ0n) is 11.5. The molecule has 110 valence electrons. The van der Waals surface area contributed by atoms with E-state index < -0.39 is 11.6 Å².